The first kappa shape index (κ1) is 17.7. The van der Waals surface area contributed by atoms with Crippen LogP contribution in [0.25, 0.3) is 0 Å². The summed E-state index contributed by atoms with van der Waals surface area (Å²) in [6.07, 6.45) is -0.381. The minimum atomic E-state index is -0.585. The number of carbonyl (C=O) groups is 1. The normalized spacial score (nSPS) is 11.7. The molecule has 5 nitrogen and oxygen atoms in total. The van der Waals surface area contributed by atoms with Crippen LogP contribution in [0.2, 0.25) is 0 Å². The molecule has 0 unspecified atom stereocenters. The third kappa shape index (κ3) is 4.02. The number of methoxy groups -OCH3 is 3. The van der Waals surface area contributed by atoms with E-state index >= 15 is 0 Å². The molecule has 1 atom stereocenters. The van der Waals surface area contributed by atoms with Gasteiger partial charge in [0.1, 0.15) is 11.9 Å². The van der Waals surface area contributed by atoms with Gasteiger partial charge in [-0.15, -0.1) is 0 Å². The smallest absolute Gasteiger partial charge is 0.251 e. The van der Waals surface area contributed by atoms with E-state index in [9.17, 15) is 9.18 Å². The van der Waals surface area contributed by atoms with Crippen LogP contribution in [0, 0.1) is 5.82 Å². The van der Waals surface area contributed by atoms with E-state index in [4.69, 9.17) is 14.2 Å². The molecule has 0 heterocycles. The Morgan fingerprint density at radius 1 is 1.08 bits per heavy atom. The van der Waals surface area contributed by atoms with Crippen LogP contribution in [0.5, 0.6) is 11.5 Å². The molecule has 2 rings (SSSR count). The van der Waals surface area contributed by atoms with Crippen LogP contribution < -0.4 is 14.8 Å². The fraction of sp³-hybridized carbons (Fsp3) is 0.278. The molecule has 1 amide bonds. The highest BCUT2D eigenvalue weighted by Gasteiger charge is 2.17. The number of ether oxygens (including phenoxy) is 3. The summed E-state index contributed by atoms with van der Waals surface area (Å²) < 4.78 is 29.3. The maximum absolute atomic E-state index is 13.7. The third-order valence-electron chi connectivity index (χ3n) is 3.63. The van der Waals surface area contributed by atoms with Gasteiger partial charge in [-0.05, 0) is 24.3 Å². The molecule has 128 valence electrons. The van der Waals surface area contributed by atoms with Gasteiger partial charge in [-0.3, -0.25) is 4.79 Å². The van der Waals surface area contributed by atoms with Gasteiger partial charge in [-0.1, -0.05) is 18.2 Å². The number of hydrogen-bond donors (Lipinski definition) is 1. The lowest BCUT2D eigenvalue weighted by molar-refractivity contribution is 0.0819. The summed E-state index contributed by atoms with van der Waals surface area (Å²) in [7, 11) is 4.50. The van der Waals surface area contributed by atoms with Crippen LogP contribution in [-0.2, 0) is 4.74 Å². The maximum atomic E-state index is 13.7. The van der Waals surface area contributed by atoms with Crippen molar-refractivity contribution in [2.45, 2.75) is 6.10 Å². The standard InChI is InChI=1S/C18H20FNO4/c1-22-15-7-5-4-6-13(15)17(24-3)11-20-18(21)12-8-9-16(23-2)14(19)10-12/h4-10,17H,11H2,1-3H3,(H,20,21)/t17-/m0/s1. The number of carbonyl (C=O) groups excluding carboxylic acids is 1. The van der Waals surface area contributed by atoms with Crippen molar-refractivity contribution < 1.29 is 23.4 Å². The summed E-state index contributed by atoms with van der Waals surface area (Å²) in [5.41, 5.74) is 1.03. The quantitative estimate of drug-likeness (QED) is 0.846. The lowest BCUT2D eigenvalue weighted by Gasteiger charge is -2.19. The predicted molar refractivity (Wildman–Crippen MR) is 88.0 cm³/mol. The zero-order chi connectivity index (χ0) is 17.5. The van der Waals surface area contributed by atoms with Gasteiger partial charge in [0.2, 0.25) is 0 Å². The summed E-state index contributed by atoms with van der Waals surface area (Å²) in [6, 6.07) is 11.5. The Balaban J connectivity index is 2.07. The molecule has 2 aromatic carbocycles. The van der Waals surface area contributed by atoms with Crippen LogP contribution in [-0.4, -0.2) is 33.8 Å². The second-order valence-corrected chi connectivity index (χ2v) is 5.03. The minimum Gasteiger partial charge on any atom is -0.496 e. The van der Waals surface area contributed by atoms with Crippen molar-refractivity contribution in [1.29, 1.82) is 0 Å². The number of halogens is 1. The lowest BCUT2D eigenvalue weighted by Crippen LogP contribution is -2.29. The highest BCUT2D eigenvalue weighted by atomic mass is 19.1. The van der Waals surface area contributed by atoms with Crippen LogP contribution in [0.1, 0.15) is 22.0 Å². The highest BCUT2D eigenvalue weighted by Crippen LogP contribution is 2.26. The molecule has 0 spiro atoms. The van der Waals surface area contributed by atoms with Crippen LogP contribution >= 0.6 is 0 Å². The van der Waals surface area contributed by atoms with E-state index in [-0.39, 0.29) is 24.0 Å². The molecule has 2 aromatic rings. The molecule has 0 aliphatic carbocycles. The number of nitrogens with one attached hydrogen (secondary N) is 1. The van der Waals surface area contributed by atoms with E-state index in [0.717, 1.165) is 11.6 Å². The summed E-state index contributed by atoms with van der Waals surface area (Å²) in [4.78, 5) is 12.2. The molecule has 0 aliphatic rings. The SMILES string of the molecule is COc1ccc(C(=O)NC[C@H](OC)c2ccccc2OC)cc1F. The number of hydrogen-bond acceptors (Lipinski definition) is 4. The van der Waals surface area contributed by atoms with E-state index in [2.05, 4.69) is 5.32 Å². The first-order valence-corrected chi connectivity index (χ1v) is 7.38. The fourth-order valence-corrected chi connectivity index (χ4v) is 2.35. The van der Waals surface area contributed by atoms with Crippen molar-refractivity contribution in [1.82, 2.24) is 5.32 Å². The van der Waals surface area contributed by atoms with Crippen molar-refractivity contribution in [2.75, 3.05) is 27.9 Å². The van der Waals surface area contributed by atoms with Gasteiger partial charge in [0, 0.05) is 24.8 Å². The Labute approximate surface area is 140 Å². The second-order valence-electron chi connectivity index (χ2n) is 5.03. The van der Waals surface area contributed by atoms with Gasteiger partial charge in [0.05, 0.1) is 14.2 Å². The topological polar surface area (TPSA) is 56.8 Å². The molecule has 24 heavy (non-hydrogen) atoms. The third-order valence-corrected chi connectivity index (χ3v) is 3.63. The van der Waals surface area contributed by atoms with Crippen LogP contribution in [0.4, 0.5) is 4.39 Å². The van der Waals surface area contributed by atoms with E-state index in [1.165, 1.54) is 19.2 Å². The monoisotopic (exact) mass is 333 g/mol. The molecule has 0 bridgehead atoms. The Bertz CT molecular complexity index is 705. The van der Waals surface area contributed by atoms with Gasteiger partial charge in [-0.2, -0.15) is 0 Å². The van der Waals surface area contributed by atoms with Crippen molar-refractivity contribution in [3.8, 4) is 11.5 Å². The number of rotatable bonds is 7. The zero-order valence-corrected chi connectivity index (χ0v) is 13.8. The minimum absolute atomic E-state index is 0.0929. The molecular formula is C18H20FNO4. The molecule has 0 fully saturated rings. The van der Waals surface area contributed by atoms with Gasteiger partial charge < -0.3 is 19.5 Å². The van der Waals surface area contributed by atoms with Gasteiger partial charge >= 0.3 is 0 Å². The molecule has 0 saturated carbocycles. The van der Waals surface area contributed by atoms with Gasteiger partial charge in [0.25, 0.3) is 5.91 Å². The maximum Gasteiger partial charge on any atom is 0.251 e. The molecular weight excluding hydrogens is 313 g/mol. The van der Waals surface area contributed by atoms with Crippen molar-refractivity contribution in [3.63, 3.8) is 0 Å². The predicted octanol–water partition coefficient (Wildman–Crippen LogP) is 2.96. The van der Waals surface area contributed by atoms with Crippen molar-refractivity contribution in [2.24, 2.45) is 0 Å². The molecule has 0 saturated heterocycles. The fourth-order valence-electron chi connectivity index (χ4n) is 2.35. The zero-order valence-electron chi connectivity index (χ0n) is 13.8. The van der Waals surface area contributed by atoms with E-state index in [1.807, 2.05) is 24.3 Å². The summed E-state index contributed by atoms with van der Waals surface area (Å²) in [5, 5.41) is 2.74. The largest absolute Gasteiger partial charge is 0.496 e. The molecule has 0 aromatic heterocycles. The average Bonchev–Trinajstić information content (AvgIpc) is 2.62. The molecule has 0 radical (unpaired) electrons. The first-order chi connectivity index (χ1) is 11.6. The van der Waals surface area contributed by atoms with E-state index in [1.54, 1.807) is 14.2 Å². The Morgan fingerprint density at radius 2 is 1.79 bits per heavy atom. The molecule has 1 N–H and O–H groups in total. The Hall–Kier alpha value is -2.60. The Kier molecular flexibility index (Phi) is 6.14. The number of amides is 1. The van der Waals surface area contributed by atoms with E-state index < -0.39 is 11.7 Å². The highest BCUT2D eigenvalue weighted by molar-refractivity contribution is 5.94. The molecule has 0 aliphatic heterocycles. The summed E-state index contributed by atoms with van der Waals surface area (Å²) >= 11 is 0. The Morgan fingerprint density at radius 3 is 2.42 bits per heavy atom. The molecule has 6 heteroatoms. The summed E-state index contributed by atoms with van der Waals surface area (Å²) in [6.45, 7) is 0.226. The number of benzene rings is 2. The van der Waals surface area contributed by atoms with Gasteiger partial charge in [0.15, 0.2) is 11.6 Å². The van der Waals surface area contributed by atoms with Crippen molar-refractivity contribution >= 4 is 5.91 Å². The van der Waals surface area contributed by atoms with Crippen LogP contribution in [0.3, 0.4) is 0 Å². The van der Waals surface area contributed by atoms with Gasteiger partial charge in [-0.25, -0.2) is 4.39 Å². The average molecular weight is 333 g/mol. The van der Waals surface area contributed by atoms with Crippen LogP contribution in [0.15, 0.2) is 42.5 Å². The lowest BCUT2D eigenvalue weighted by atomic mass is 10.1. The van der Waals surface area contributed by atoms with E-state index in [0.29, 0.717) is 5.75 Å². The summed E-state index contributed by atoms with van der Waals surface area (Å²) in [5.74, 6) is -0.212. The number of para-hydroxylation sites is 1. The van der Waals surface area contributed by atoms with Crippen molar-refractivity contribution in [3.05, 3.63) is 59.4 Å². The first-order valence-electron chi connectivity index (χ1n) is 7.38. The second kappa shape index (κ2) is 8.31.